The Morgan fingerprint density at radius 1 is 1.00 bits per heavy atom. The number of aliphatic hydroxyl groups is 1. The number of fused-ring (bicyclic) bond motifs is 2. The fourth-order valence-corrected chi connectivity index (χ4v) is 4.24. The fraction of sp³-hybridized carbons (Fsp3) is 0.304. The van der Waals surface area contributed by atoms with Crippen molar-refractivity contribution in [2.24, 2.45) is 11.8 Å². The summed E-state index contributed by atoms with van der Waals surface area (Å²) in [5.41, 5.74) is 2.17. The molecule has 2 aliphatic rings. The van der Waals surface area contributed by atoms with Gasteiger partial charge in [-0.3, -0.25) is 14.5 Å². The van der Waals surface area contributed by atoms with E-state index in [1.165, 1.54) is 4.90 Å². The minimum absolute atomic E-state index is 0.0743. The van der Waals surface area contributed by atoms with Crippen LogP contribution in [0, 0.1) is 11.8 Å². The van der Waals surface area contributed by atoms with Gasteiger partial charge in [0.1, 0.15) is 24.0 Å². The molecule has 31 heavy (non-hydrogen) atoms. The lowest BCUT2D eigenvalue weighted by molar-refractivity contribution is -0.122. The van der Waals surface area contributed by atoms with Gasteiger partial charge in [-0.15, -0.1) is 5.10 Å². The van der Waals surface area contributed by atoms with Crippen LogP contribution in [0.4, 0.5) is 5.69 Å². The Labute approximate surface area is 178 Å². The van der Waals surface area contributed by atoms with Gasteiger partial charge in [0.2, 0.25) is 11.8 Å². The normalized spacial score (nSPS) is 21.5. The summed E-state index contributed by atoms with van der Waals surface area (Å²) in [7, 11) is 0. The number of ether oxygens (including phenoxy) is 1. The molecule has 0 unspecified atom stereocenters. The van der Waals surface area contributed by atoms with Crippen molar-refractivity contribution in [2.75, 3.05) is 11.5 Å². The molecule has 3 aromatic rings. The Kier molecular flexibility index (Phi) is 4.99. The topological polar surface area (TPSA) is 97.6 Å². The molecule has 0 saturated carbocycles. The Morgan fingerprint density at radius 2 is 1.68 bits per heavy atom. The van der Waals surface area contributed by atoms with E-state index in [1.54, 1.807) is 28.9 Å². The largest absolute Gasteiger partial charge is 0.491 e. The van der Waals surface area contributed by atoms with Crippen molar-refractivity contribution in [3.8, 4) is 5.75 Å². The molecular formula is C23H22N4O4. The van der Waals surface area contributed by atoms with Crippen LogP contribution in [0.5, 0.6) is 5.75 Å². The maximum atomic E-state index is 12.7. The Hall–Kier alpha value is -3.52. The van der Waals surface area contributed by atoms with E-state index in [4.69, 9.17) is 4.74 Å². The number of aromatic nitrogens is 3. The first-order valence-electron chi connectivity index (χ1n) is 10.3. The van der Waals surface area contributed by atoms with Crippen LogP contribution in [0.1, 0.15) is 12.8 Å². The second kappa shape index (κ2) is 7.96. The van der Waals surface area contributed by atoms with E-state index in [0.29, 0.717) is 24.3 Å². The highest BCUT2D eigenvalue weighted by molar-refractivity contribution is 6.22. The molecule has 1 aliphatic heterocycles. The molecule has 0 radical (unpaired) electrons. The van der Waals surface area contributed by atoms with Crippen LogP contribution in [-0.2, 0) is 16.1 Å². The smallest absolute Gasteiger partial charge is 0.238 e. The van der Waals surface area contributed by atoms with Crippen molar-refractivity contribution in [3.63, 3.8) is 0 Å². The number of para-hydroxylation sites is 1. The van der Waals surface area contributed by atoms with Gasteiger partial charge in [-0.1, -0.05) is 29.5 Å². The van der Waals surface area contributed by atoms with Crippen LogP contribution in [-0.4, -0.2) is 44.6 Å². The number of hydrogen-bond donors (Lipinski definition) is 1. The van der Waals surface area contributed by atoms with E-state index < -0.39 is 6.10 Å². The Morgan fingerprint density at radius 3 is 2.39 bits per heavy atom. The van der Waals surface area contributed by atoms with E-state index in [0.717, 1.165) is 11.0 Å². The first-order chi connectivity index (χ1) is 15.1. The van der Waals surface area contributed by atoms with Gasteiger partial charge in [-0.2, -0.15) is 0 Å². The van der Waals surface area contributed by atoms with Crippen LogP contribution < -0.4 is 9.64 Å². The number of amides is 2. The average molecular weight is 418 g/mol. The molecule has 5 rings (SSSR count). The van der Waals surface area contributed by atoms with Gasteiger partial charge in [-0.05, 0) is 49.2 Å². The zero-order valence-corrected chi connectivity index (χ0v) is 16.8. The quantitative estimate of drug-likeness (QED) is 0.487. The molecule has 2 amide bonds. The van der Waals surface area contributed by atoms with Crippen LogP contribution in [0.3, 0.4) is 0 Å². The lowest BCUT2D eigenvalue weighted by atomic mass is 9.85. The summed E-state index contributed by atoms with van der Waals surface area (Å²) in [5, 5.41) is 18.5. The third-order valence-electron chi connectivity index (χ3n) is 5.85. The SMILES string of the molecule is O=C1[C@H]2CC=CC[C@H]2C(=O)N1c1ccc(OC[C@@H](O)Cn2nnc3ccccc32)cc1. The highest BCUT2D eigenvalue weighted by atomic mass is 16.5. The summed E-state index contributed by atoms with van der Waals surface area (Å²) < 4.78 is 7.33. The lowest BCUT2D eigenvalue weighted by Crippen LogP contribution is -2.30. The zero-order chi connectivity index (χ0) is 21.4. The standard InChI is InChI=1S/C23H22N4O4/c28-16(13-26-21-8-4-3-7-20(21)24-25-26)14-31-17-11-9-15(10-12-17)27-22(29)18-5-1-2-6-19(18)23(27)30/h1-4,7-12,16,18-19,28H,5-6,13-14H2/t16-,18-,19+/m0/s1. The molecule has 2 aromatic carbocycles. The highest BCUT2D eigenvalue weighted by Crippen LogP contribution is 2.37. The molecule has 1 aromatic heterocycles. The molecule has 1 fully saturated rings. The number of nitrogens with zero attached hydrogens (tertiary/aromatic N) is 4. The summed E-state index contributed by atoms with van der Waals surface area (Å²) in [4.78, 5) is 26.7. The number of benzene rings is 2. The van der Waals surface area contributed by atoms with Crippen LogP contribution in [0.15, 0.2) is 60.7 Å². The summed E-state index contributed by atoms with van der Waals surface area (Å²) in [6.45, 7) is 0.330. The zero-order valence-electron chi connectivity index (χ0n) is 16.8. The predicted octanol–water partition coefficient (Wildman–Crippen LogP) is 2.33. The van der Waals surface area contributed by atoms with Gasteiger partial charge >= 0.3 is 0 Å². The summed E-state index contributed by atoms with van der Waals surface area (Å²) in [6, 6.07) is 14.4. The molecule has 158 valence electrons. The van der Waals surface area contributed by atoms with Crippen LogP contribution in [0.25, 0.3) is 11.0 Å². The number of carbonyl (C=O) groups is 2. The number of hydrogen-bond acceptors (Lipinski definition) is 6. The van der Waals surface area contributed by atoms with Crippen molar-refractivity contribution < 1.29 is 19.4 Å². The van der Waals surface area contributed by atoms with E-state index in [9.17, 15) is 14.7 Å². The van der Waals surface area contributed by atoms with Gasteiger partial charge in [0.15, 0.2) is 0 Å². The molecular weight excluding hydrogens is 396 g/mol. The molecule has 1 aliphatic carbocycles. The van der Waals surface area contributed by atoms with E-state index in [-0.39, 0.29) is 36.8 Å². The second-order valence-corrected chi connectivity index (χ2v) is 7.89. The summed E-state index contributed by atoms with van der Waals surface area (Å²) in [5.74, 6) is -0.232. The number of allylic oxidation sites excluding steroid dienone is 2. The first-order valence-corrected chi connectivity index (χ1v) is 10.3. The number of carbonyl (C=O) groups excluding carboxylic acids is 2. The van der Waals surface area contributed by atoms with Gasteiger partial charge in [0.05, 0.1) is 29.6 Å². The maximum Gasteiger partial charge on any atom is 0.238 e. The molecule has 1 N–H and O–H groups in total. The number of anilines is 1. The average Bonchev–Trinajstić information content (AvgIpc) is 3.32. The van der Waals surface area contributed by atoms with Gasteiger partial charge in [0.25, 0.3) is 0 Å². The van der Waals surface area contributed by atoms with Crippen LogP contribution >= 0.6 is 0 Å². The van der Waals surface area contributed by atoms with Crippen molar-refractivity contribution in [1.29, 1.82) is 0 Å². The predicted molar refractivity (Wildman–Crippen MR) is 113 cm³/mol. The first kappa shape index (κ1) is 19.4. The highest BCUT2D eigenvalue weighted by Gasteiger charge is 2.47. The third kappa shape index (κ3) is 3.59. The Balaban J connectivity index is 1.21. The second-order valence-electron chi connectivity index (χ2n) is 7.89. The van der Waals surface area contributed by atoms with Gasteiger partial charge < -0.3 is 9.84 Å². The molecule has 1 saturated heterocycles. The molecule has 3 atom stereocenters. The van der Waals surface area contributed by atoms with E-state index in [2.05, 4.69) is 10.3 Å². The van der Waals surface area contributed by atoms with Crippen LogP contribution in [0.2, 0.25) is 0 Å². The van der Waals surface area contributed by atoms with Gasteiger partial charge in [-0.25, -0.2) is 4.68 Å². The molecule has 0 bridgehead atoms. The van der Waals surface area contributed by atoms with E-state index in [1.807, 2.05) is 36.4 Å². The molecule has 2 heterocycles. The monoisotopic (exact) mass is 418 g/mol. The van der Waals surface area contributed by atoms with E-state index >= 15 is 0 Å². The minimum Gasteiger partial charge on any atom is -0.491 e. The number of imide groups is 1. The molecule has 8 nitrogen and oxygen atoms in total. The van der Waals surface area contributed by atoms with Crippen molar-refractivity contribution in [3.05, 3.63) is 60.7 Å². The fourth-order valence-electron chi connectivity index (χ4n) is 4.24. The Bertz CT molecular complexity index is 1130. The maximum absolute atomic E-state index is 12.7. The third-order valence-corrected chi connectivity index (χ3v) is 5.85. The van der Waals surface area contributed by atoms with Crippen molar-refractivity contribution in [1.82, 2.24) is 15.0 Å². The summed E-state index contributed by atoms with van der Waals surface area (Å²) in [6.07, 6.45) is 4.40. The lowest BCUT2D eigenvalue weighted by Gasteiger charge is -2.16. The molecule has 0 spiro atoms. The number of rotatable bonds is 6. The van der Waals surface area contributed by atoms with Crippen molar-refractivity contribution in [2.45, 2.75) is 25.5 Å². The number of aliphatic hydroxyl groups excluding tert-OH is 1. The van der Waals surface area contributed by atoms with Crippen molar-refractivity contribution >= 4 is 28.5 Å². The van der Waals surface area contributed by atoms with Gasteiger partial charge in [0, 0.05) is 0 Å². The molecule has 8 heteroatoms. The summed E-state index contributed by atoms with van der Waals surface area (Å²) >= 11 is 0. The minimum atomic E-state index is -0.776.